The van der Waals surface area contributed by atoms with Crippen molar-refractivity contribution in [1.82, 2.24) is 10.6 Å². The van der Waals surface area contributed by atoms with Crippen LogP contribution in [0.4, 0.5) is 22.4 Å². The molecule has 110 valence electrons. The molecule has 1 aliphatic carbocycles. The van der Waals surface area contributed by atoms with Crippen LogP contribution in [0.3, 0.4) is 0 Å². The van der Waals surface area contributed by atoms with E-state index in [0.29, 0.717) is 12.8 Å². The summed E-state index contributed by atoms with van der Waals surface area (Å²) >= 11 is 0. The van der Waals surface area contributed by atoms with Crippen molar-refractivity contribution < 1.29 is 32.3 Å². The summed E-state index contributed by atoms with van der Waals surface area (Å²) in [6.45, 7) is -1.47. The van der Waals surface area contributed by atoms with Gasteiger partial charge in [0, 0.05) is 6.04 Å². The van der Waals surface area contributed by atoms with Crippen LogP contribution in [0.5, 0.6) is 0 Å². The Morgan fingerprint density at radius 3 is 2.42 bits per heavy atom. The molecule has 1 rings (SSSR count). The van der Waals surface area contributed by atoms with Gasteiger partial charge in [-0.15, -0.1) is 0 Å². The van der Waals surface area contributed by atoms with Crippen LogP contribution >= 0.6 is 0 Å². The number of carboxylic acids is 1. The van der Waals surface area contributed by atoms with E-state index in [2.05, 4.69) is 5.32 Å². The Kier molecular flexibility index (Phi) is 4.96. The Hall–Kier alpha value is -1.54. The quantitative estimate of drug-likeness (QED) is 0.669. The van der Waals surface area contributed by atoms with Gasteiger partial charge in [-0.3, -0.25) is 4.79 Å². The number of alkyl halides is 4. The van der Waals surface area contributed by atoms with Crippen LogP contribution in [0.15, 0.2) is 0 Å². The maximum Gasteiger partial charge on any atom is 0.324 e. The highest BCUT2D eigenvalue weighted by molar-refractivity contribution is 5.75. The first-order valence-electron chi connectivity index (χ1n) is 5.65. The monoisotopic (exact) mass is 286 g/mol. The summed E-state index contributed by atoms with van der Waals surface area (Å²) in [5.74, 6) is -5.84. The van der Waals surface area contributed by atoms with Crippen molar-refractivity contribution in [1.29, 1.82) is 0 Å². The number of hydrogen-bond acceptors (Lipinski definition) is 2. The highest BCUT2D eigenvalue weighted by Crippen LogP contribution is 2.25. The first-order chi connectivity index (χ1) is 8.72. The largest absolute Gasteiger partial charge is 0.481 e. The summed E-state index contributed by atoms with van der Waals surface area (Å²) in [6.07, 6.45) is -2.85. The van der Waals surface area contributed by atoms with Crippen LogP contribution in [-0.4, -0.2) is 42.0 Å². The van der Waals surface area contributed by atoms with Crippen molar-refractivity contribution in [3.63, 3.8) is 0 Å². The molecule has 0 heterocycles. The summed E-state index contributed by atoms with van der Waals surface area (Å²) in [5, 5.41) is 12.7. The number of carbonyl (C=O) groups is 2. The third-order valence-electron chi connectivity index (χ3n) is 2.92. The first-order valence-corrected chi connectivity index (χ1v) is 5.65. The Balaban J connectivity index is 2.31. The van der Waals surface area contributed by atoms with Gasteiger partial charge in [-0.2, -0.15) is 8.78 Å². The van der Waals surface area contributed by atoms with Crippen molar-refractivity contribution in [2.45, 2.75) is 37.7 Å². The van der Waals surface area contributed by atoms with Crippen LogP contribution in [0.1, 0.15) is 19.3 Å². The second kappa shape index (κ2) is 6.07. The lowest BCUT2D eigenvalue weighted by molar-refractivity contribution is -0.141. The van der Waals surface area contributed by atoms with Crippen molar-refractivity contribution in [3.8, 4) is 0 Å². The molecule has 9 heteroatoms. The lowest BCUT2D eigenvalue weighted by atomic mass is 10.1. The zero-order valence-corrected chi connectivity index (χ0v) is 9.84. The molecule has 0 unspecified atom stereocenters. The van der Waals surface area contributed by atoms with Gasteiger partial charge in [0.2, 0.25) is 0 Å². The molecule has 0 aromatic rings. The third-order valence-corrected chi connectivity index (χ3v) is 2.92. The van der Waals surface area contributed by atoms with Crippen molar-refractivity contribution in [2.75, 3.05) is 6.54 Å². The van der Waals surface area contributed by atoms with E-state index in [4.69, 9.17) is 5.11 Å². The predicted molar refractivity (Wildman–Crippen MR) is 56.3 cm³/mol. The highest BCUT2D eigenvalue weighted by atomic mass is 19.3. The summed E-state index contributed by atoms with van der Waals surface area (Å²) in [5.41, 5.74) is 0. The third kappa shape index (κ3) is 4.56. The topological polar surface area (TPSA) is 78.4 Å². The Morgan fingerprint density at radius 1 is 1.32 bits per heavy atom. The van der Waals surface area contributed by atoms with Gasteiger partial charge in [-0.05, 0) is 19.3 Å². The average molecular weight is 286 g/mol. The van der Waals surface area contributed by atoms with Crippen LogP contribution in [0.25, 0.3) is 0 Å². The number of carbonyl (C=O) groups excluding carboxylic acids is 1. The number of nitrogens with one attached hydrogen (secondary N) is 2. The number of rotatable bonds is 5. The van der Waals surface area contributed by atoms with Gasteiger partial charge in [-0.1, -0.05) is 0 Å². The molecule has 19 heavy (non-hydrogen) atoms. The van der Waals surface area contributed by atoms with E-state index in [1.807, 2.05) is 0 Å². The summed E-state index contributed by atoms with van der Waals surface area (Å²) in [4.78, 5) is 21.9. The number of carboxylic acid groups (broad SMARTS) is 1. The lowest BCUT2D eigenvalue weighted by Gasteiger charge is -2.18. The molecule has 0 saturated heterocycles. The Bertz CT molecular complexity index is 352. The number of hydrogen-bond donors (Lipinski definition) is 3. The molecule has 2 amide bonds. The standard InChI is InChI=1S/C10H14F4N2O3/c11-8(12)10(13,14)4-15-9(19)16-6-2-1-5(3-6)7(17)18/h5-6,8H,1-4H2,(H,17,18)(H2,15,16,19)/t5-,6+/m1/s1. The van der Waals surface area contributed by atoms with Gasteiger partial charge in [0.1, 0.15) is 0 Å². The molecular weight excluding hydrogens is 272 g/mol. The van der Waals surface area contributed by atoms with E-state index in [0.717, 1.165) is 0 Å². The van der Waals surface area contributed by atoms with Gasteiger partial charge < -0.3 is 15.7 Å². The minimum atomic E-state index is -4.28. The highest BCUT2D eigenvalue weighted by Gasteiger charge is 2.41. The molecule has 0 aromatic heterocycles. The second-order valence-electron chi connectivity index (χ2n) is 4.43. The van der Waals surface area contributed by atoms with Crippen molar-refractivity contribution in [2.24, 2.45) is 5.92 Å². The minimum Gasteiger partial charge on any atom is -0.481 e. The number of halogens is 4. The van der Waals surface area contributed by atoms with Gasteiger partial charge in [-0.25, -0.2) is 13.6 Å². The molecule has 1 saturated carbocycles. The van der Waals surface area contributed by atoms with Crippen LogP contribution in [0, 0.1) is 5.92 Å². The van der Waals surface area contributed by atoms with Crippen molar-refractivity contribution >= 4 is 12.0 Å². The SMILES string of the molecule is O=C(NCC(F)(F)C(F)F)N[C@H]1CC[C@@H](C(=O)O)C1. The molecule has 0 radical (unpaired) electrons. The number of urea groups is 1. The van der Waals surface area contributed by atoms with E-state index >= 15 is 0 Å². The maximum absolute atomic E-state index is 12.5. The smallest absolute Gasteiger partial charge is 0.324 e. The summed E-state index contributed by atoms with van der Waals surface area (Å²) in [7, 11) is 0. The Labute approximate surface area is 106 Å². The number of aliphatic carboxylic acids is 1. The van der Waals surface area contributed by atoms with Crippen LogP contribution in [0.2, 0.25) is 0 Å². The Morgan fingerprint density at radius 2 is 1.95 bits per heavy atom. The van der Waals surface area contributed by atoms with E-state index in [-0.39, 0.29) is 6.42 Å². The van der Waals surface area contributed by atoms with E-state index in [1.54, 1.807) is 5.32 Å². The fourth-order valence-corrected chi connectivity index (χ4v) is 1.85. The fourth-order valence-electron chi connectivity index (χ4n) is 1.85. The average Bonchev–Trinajstić information content (AvgIpc) is 2.75. The molecule has 0 bridgehead atoms. The summed E-state index contributed by atoms with van der Waals surface area (Å²) < 4.78 is 48.7. The normalized spacial score (nSPS) is 23.4. The maximum atomic E-state index is 12.5. The zero-order valence-electron chi connectivity index (χ0n) is 9.84. The van der Waals surface area contributed by atoms with E-state index in [9.17, 15) is 27.2 Å². The second-order valence-corrected chi connectivity index (χ2v) is 4.43. The zero-order chi connectivity index (χ0) is 14.6. The predicted octanol–water partition coefficient (Wildman–Crippen LogP) is 1.44. The molecule has 0 aliphatic heterocycles. The minimum absolute atomic E-state index is 0.202. The van der Waals surface area contributed by atoms with Gasteiger partial charge in [0.05, 0.1) is 12.5 Å². The molecular formula is C10H14F4N2O3. The first kappa shape index (κ1) is 15.5. The van der Waals surface area contributed by atoms with Gasteiger partial charge in [0.15, 0.2) is 0 Å². The molecule has 5 nitrogen and oxygen atoms in total. The van der Waals surface area contributed by atoms with E-state index < -0.39 is 42.9 Å². The van der Waals surface area contributed by atoms with Crippen LogP contribution in [-0.2, 0) is 4.79 Å². The van der Waals surface area contributed by atoms with Crippen LogP contribution < -0.4 is 10.6 Å². The summed E-state index contributed by atoms with van der Waals surface area (Å²) in [6, 6.07) is -1.45. The molecule has 1 aliphatic rings. The van der Waals surface area contributed by atoms with Gasteiger partial charge >= 0.3 is 24.3 Å². The fraction of sp³-hybridized carbons (Fsp3) is 0.800. The van der Waals surface area contributed by atoms with E-state index in [1.165, 1.54) is 0 Å². The number of amides is 2. The molecule has 2 atom stereocenters. The molecule has 1 fully saturated rings. The molecule has 0 aromatic carbocycles. The van der Waals surface area contributed by atoms with Gasteiger partial charge in [0.25, 0.3) is 0 Å². The van der Waals surface area contributed by atoms with Crippen molar-refractivity contribution in [3.05, 3.63) is 0 Å². The molecule has 3 N–H and O–H groups in total. The lowest BCUT2D eigenvalue weighted by Crippen LogP contribution is -2.47. The molecule has 0 spiro atoms.